The molecule has 0 aromatic carbocycles. The molecule has 0 aromatic rings. The molecule has 1 saturated carbocycles. The summed E-state index contributed by atoms with van der Waals surface area (Å²) in [7, 11) is 2.00. The molecule has 3 atom stereocenters. The Morgan fingerprint density at radius 3 is 2.89 bits per heavy atom. The van der Waals surface area contributed by atoms with E-state index in [1.54, 1.807) is 0 Å². The Kier molecular flexibility index (Phi) is 5.05. The van der Waals surface area contributed by atoms with Gasteiger partial charge in [0.2, 0.25) is 0 Å². The summed E-state index contributed by atoms with van der Waals surface area (Å²) in [6, 6.07) is 0.695. The molecule has 18 heavy (non-hydrogen) atoms. The van der Waals surface area contributed by atoms with Crippen molar-refractivity contribution in [2.24, 2.45) is 5.92 Å². The van der Waals surface area contributed by atoms with Crippen LogP contribution in [0.25, 0.3) is 0 Å². The van der Waals surface area contributed by atoms with Gasteiger partial charge in [-0.25, -0.2) is 0 Å². The Morgan fingerprint density at radius 2 is 2.22 bits per heavy atom. The van der Waals surface area contributed by atoms with Gasteiger partial charge in [0.1, 0.15) is 0 Å². The molecule has 106 valence electrons. The minimum atomic E-state index is -0.00817. The van der Waals surface area contributed by atoms with Crippen LogP contribution in [0.5, 0.6) is 0 Å². The molecule has 2 aliphatic rings. The molecule has 0 amide bonds. The molecule has 2 fully saturated rings. The Labute approximate surface area is 112 Å². The lowest BCUT2D eigenvalue weighted by molar-refractivity contribution is 0.0723. The summed E-state index contributed by atoms with van der Waals surface area (Å²) in [6.45, 7) is 5.15. The molecule has 2 rings (SSSR count). The van der Waals surface area contributed by atoms with Crippen molar-refractivity contribution in [3.8, 4) is 0 Å². The van der Waals surface area contributed by atoms with Crippen molar-refractivity contribution >= 4 is 0 Å². The molecule has 1 saturated heterocycles. The smallest absolute Gasteiger partial charge is 0.0613 e. The van der Waals surface area contributed by atoms with Gasteiger partial charge in [-0.2, -0.15) is 0 Å². The minimum Gasteiger partial charge on any atom is -0.394 e. The van der Waals surface area contributed by atoms with Crippen LogP contribution >= 0.6 is 0 Å². The van der Waals surface area contributed by atoms with E-state index in [4.69, 9.17) is 0 Å². The fourth-order valence-corrected chi connectivity index (χ4v) is 3.93. The lowest BCUT2D eigenvalue weighted by Crippen LogP contribution is -2.54. The molecule has 3 nitrogen and oxygen atoms in total. The molecule has 1 aliphatic heterocycles. The summed E-state index contributed by atoms with van der Waals surface area (Å²) in [5.74, 6) is 0.926. The molecule has 0 bridgehead atoms. The third kappa shape index (κ3) is 3.06. The Bertz CT molecular complexity index is 253. The zero-order valence-corrected chi connectivity index (χ0v) is 12.1. The largest absolute Gasteiger partial charge is 0.394 e. The van der Waals surface area contributed by atoms with Gasteiger partial charge in [-0.3, -0.25) is 0 Å². The van der Waals surface area contributed by atoms with Gasteiger partial charge in [0.15, 0.2) is 0 Å². The van der Waals surface area contributed by atoms with E-state index >= 15 is 0 Å². The van der Waals surface area contributed by atoms with Crippen LogP contribution in [0.1, 0.15) is 51.9 Å². The lowest BCUT2D eigenvalue weighted by atomic mass is 9.79. The van der Waals surface area contributed by atoms with Crippen molar-refractivity contribution in [1.29, 1.82) is 0 Å². The van der Waals surface area contributed by atoms with Gasteiger partial charge in [-0.1, -0.05) is 13.3 Å². The topological polar surface area (TPSA) is 35.5 Å². The Balaban J connectivity index is 1.89. The molecule has 0 aromatic heterocycles. The van der Waals surface area contributed by atoms with Crippen LogP contribution in [-0.2, 0) is 0 Å². The lowest BCUT2D eigenvalue weighted by Gasteiger charge is -2.43. The molecule has 3 heteroatoms. The van der Waals surface area contributed by atoms with Crippen LogP contribution in [-0.4, -0.2) is 48.3 Å². The summed E-state index contributed by atoms with van der Waals surface area (Å²) in [5, 5.41) is 13.0. The van der Waals surface area contributed by atoms with Crippen LogP contribution in [0.4, 0.5) is 0 Å². The standard InChI is InChI=1S/C15H30N2O/c1-3-5-13-7-9-17(11-13)14-6-4-8-15(10-14,12-18)16-2/h13-14,16,18H,3-12H2,1-2H3. The van der Waals surface area contributed by atoms with Crippen molar-refractivity contribution in [2.45, 2.75) is 63.5 Å². The predicted octanol–water partition coefficient (Wildman–Crippen LogP) is 2.00. The average Bonchev–Trinajstić information content (AvgIpc) is 2.88. The fraction of sp³-hybridized carbons (Fsp3) is 1.00. The molecule has 1 heterocycles. The SMILES string of the molecule is CCCC1CCN(C2CCCC(CO)(NC)C2)C1. The maximum Gasteiger partial charge on any atom is 0.0613 e. The van der Waals surface area contributed by atoms with E-state index in [-0.39, 0.29) is 12.1 Å². The van der Waals surface area contributed by atoms with E-state index in [2.05, 4.69) is 17.1 Å². The van der Waals surface area contributed by atoms with E-state index in [1.165, 1.54) is 45.2 Å². The maximum absolute atomic E-state index is 9.66. The minimum absolute atomic E-state index is 0.00817. The molecular formula is C15H30N2O. The Morgan fingerprint density at radius 1 is 1.39 bits per heavy atom. The molecule has 1 aliphatic carbocycles. The van der Waals surface area contributed by atoms with Gasteiger partial charge in [0.25, 0.3) is 0 Å². The van der Waals surface area contributed by atoms with Gasteiger partial charge in [-0.15, -0.1) is 0 Å². The van der Waals surface area contributed by atoms with Gasteiger partial charge < -0.3 is 15.3 Å². The van der Waals surface area contributed by atoms with Gasteiger partial charge in [-0.05, 0) is 58.0 Å². The number of hydrogen-bond acceptors (Lipinski definition) is 3. The Hall–Kier alpha value is -0.120. The zero-order chi connectivity index (χ0) is 13.0. The third-order valence-corrected chi connectivity index (χ3v) is 5.18. The van der Waals surface area contributed by atoms with Crippen molar-refractivity contribution in [3.05, 3.63) is 0 Å². The van der Waals surface area contributed by atoms with Crippen molar-refractivity contribution in [2.75, 3.05) is 26.7 Å². The number of rotatable bonds is 5. The fourth-order valence-electron chi connectivity index (χ4n) is 3.93. The van der Waals surface area contributed by atoms with Crippen molar-refractivity contribution in [3.63, 3.8) is 0 Å². The van der Waals surface area contributed by atoms with E-state index in [0.29, 0.717) is 6.04 Å². The summed E-state index contributed by atoms with van der Waals surface area (Å²) < 4.78 is 0. The molecule has 0 radical (unpaired) electrons. The summed E-state index contributed by atoms with van der Waals surface area (Å²) >= 11 is 0. The van der Waals surface area contributed by atoms with E-state index < -0.39 is 0 Å². The highest BCUT2D eigenvalue weighted by Crippen LogP contribution is 2.34. The van der Waals surface area contributed by atoms with Gasteiger partial charge in [0.05, 0.1) is 6.61 Å². The second kappa shape index (κ2) is 6.36. The molecule has 2 N–H and O–H groups in total. The van der Waals surface area contributed by atoms with Gasteiger partial charge in [0, 0.05) is 18.1 Å². The van der Waals surface area contributed by atoms with Crippen molar-refractivity contribution in [1.82, 2.24) is 10.2 Å². The number of hydrogen-bond donors (Lipinski definition) is 2. The van der Waals surface area contributed by atoms with E-state index in [1.807, 2.05) is 7.05 Å². The first-order valence-electron chi connectivity index (χ1n) is 7.77. The number of likely N-dealkylation sites (N-methyl/N-ethyl adjacent to an activating group) is 1. The number of likely N-dealkylation sites (tertiary alicyclic amines) is 1. The number of aliphatic hydroxyl groups excluding tert-OH is 1. The van der Waals surface area contributed by atoms with Crippen LogP contribution in [0, 0.1) is 5.92 Å². The highest BCUT2D eigenvalue weighted by atomic mass is 16.3. The first-order valence-corrected chi connectivity index (χ1v) is 7.77. The van der Waals surface area contributed by atoms with Gasteiger partial charge >= 0.3 is 0 Å². The molecule has 3 unspecified atom stereocenters. The van der Waals surface area contributed by atoms with Crippen LogP contribution in [0.15, 0.2) is 0 Å². The first kappa shape index (κ1) is 14.3. The van der Waals surface area contributed by atoms with Crippen LogP contribution < -0.4 is 5.32 Å². The van der Waals surface area contributed by atoms with Crippen LogP contribution in [0.2, 0.25) is 0 Å². The quantitative estimate of drug-likeness (QED) is 0.788. The molecular weight excluding hydrogens is 224 g/mol. The summed E-state index contributed by atoms with van der Waals surface area (Å²) in [6.07, 6.45) is 8.92. The predicted molar refractivity (Wildman–Crippen MR) is 75.7 cm³/mol. The van der Waals surface area contributed by atoms with E-state index in [0.717, 1.165) is 18.8 Å². The third-order valence-electron chi connectivity index (χ3n) is 5.18. The first-order chi connectivity index (χ1) is 8.73. The van der Waals surface area contributed by atoms with Crippen molar-refractivity contribution < 1.29 is 5.11 Å². The highest BCUT2D eigenvalue weighted by molar-refractivity contribution is 4.96. The normalized spacial score (nSPS) is 38.2. The molecule has 0 spiro atoms. The second-order valence-corrected chi connectivity index (χ2v) is 6.38. The number of aliphatic hydroxyl groups is 1. The number of nitrogens with zero attached hydrogens (tertiary/aromatic N) is 1. The number of nitrogens with one attached hydrogen (secondary N) is 1. The second-order valence-electron chi connectivity index (χ2n) is 6.38. The summed E-state index contributed by atoms with van der Waals surface area (Å²) in [5.41, 5.74) is -0.00817. The zero-order valence-electron chi connectivity index (χ0n) is 12.1. The van der Waals surface area contributed by atoms with E-state index in [9.17, 15) is 5.11 Å². The maximum atomic E-state index is 9.66. The average molecular weight is 254 g/mol. The highest BCUT2D eigenvalue weighted by Gasteiger charge is 2.38. The summed E-state index contributed by atoms with van der Waals surface area (Å²) in [4.78, 5) is 2.70. The monoisotopic (exact) mass is 254 g/mol. The van der Waals surface area contributed by atoms with Crippen LogP contribution in [0.3, 0.4) is 0 Å².